The molecule has 10 aliphatic rings. The van der Waals surface area contributed by atoms with E-state index >= 15 is 0 Å². The molecule has 0 atom stereocenters. The number of rotatable bonds is 5. The lowest BCUT2D eigenvalue weighted by atomic mass is 9.42. The fraction of sp³-hybridized carbons (Fsp3) is 0.278. The molecule has 366 valence electrons. The fourth-order valence-electron chi connectivity index (χ4n) is 19.6. The first-order chi connectivity index (χ1) is 37.5. The van der Waals surface area contributed by atoms with Gasteiger partial charge in [0.2, 0.25) is 0 Å². The molecule has 11 aromatic rings. The number of anilines is 2. The highest BCUT2D eigenvalue weighted by atomic mass is 32.1. The van der Waals surface area contributed by atoms with E-state index in [9.17, 15) is 0 Å². The molecule has 0 radical (unpaired) electrons. The highest BCUT2D eigenvalue weighted by molar-refractivity contribution is 7.26. The van der Waals surface area contributed by atoms with E-state index in [1.807, 2.05) is 11.3 Å². The van der Waals surface area contributed by atoms with Crippen molar-refractivity contribution in [2.24, 2.45) is 35.5 Å². The summed E-state index contributed by atoms with van der Waals surface area (Å²) < 4.78 is 5.51. The third kappa shape index (κ3) is 5.74. The second kappa shape index (κ2) is 15.0. The molecule has 8 fully saturated rings. The van der Waals surface area contributed by atoms with Crippen LogP contribution in [0.25, 0.3) is 91.8 Å². The number of thiophene rings is 1. The van der Waals surface area contributed by atoms with Crippen LogP contribution in [0.3, 0.4) is 0 Å². The Morgan fingerprint density at radius 1 is 0.434 bits per heavy atom. The molecule has 0 unspecified atom stereocenters. The van der Waals surface area contributed by atoms with Crippen molar-refractivity contribution in [1.82, 2.24) is 4.57 Å². The van der Waals surface area contributed by atoms with Gasteiger partial charge in [0.05, 0.1) is 11.0 Å². The number of nitrogens with zero attached hydrogens (tertiary/aromatic N) is 2. The average molecular weight is 995 g/mol. The normalized spacial score (nSPS) is 27.2. The van der Waals surface area contributed by atoms with Gasteiger partial charge in [0.15, 0.2) is 0 Å². The molecule has 76 heavy (non-hydrogen) atoms. The minimum atomic E-state index is -0.0381. The highest BCUT2D eigenvalue weighted by Crippen LogP contribution is 2.63. The van der Waals surface area contributed by atoms with Crippen LogP contribution in [0.1, 0.15) is 88.2 Å². The topological polar surface area (TPSA) is 8.17 Å². The standard InChI is InChI=1S/C72H59BN2S/c1-3-9-48(10-4-1)50-15-18-56(19-16-50)75-63-21-22-65-68(59-29-51-13-7-8-14-52(51)32-66(59)76-65)67(63)60-30-53(49-11-5-2-6-12-49)31-64-69(60)73(75)61-35-55(72-39-45-26-46(40-72)28-47(27-45)41-72)34-58-57-33-54(17-20-62(57)74(64)70(58)61)71-36-42-23-43(37-71)25-44(24-42)38-71/h1-22,29-35,42-47H,23-28,36-41H2. The summed E-state index contributed by atoms with van der Waals surface area (Å²) >= 11 is 1.96. The summed E-state index contributed by atoms with van der Waals surface area (Å²) in [6.45, 7) is -0.0381. The van der Waals surface area contributed by atoms with E-state index in [2.05, 4.69) is 185 Å². The smallest absolute Gasteiger partial charge is 0.333 e. The summed E-state index contributed by atoms with van der Waals surface area (Å²) in [7, 11) is 0. The van der Waals surface area contributed by atoms with E-state index in [4.69, 9.17) is 0 Å². The second-order valence-corrected chi connectivity index (χ2v) is 27.1. The second-order valence-electron chi connectivity index (χ2n) is 26.1. The third-order valence-electron chi connectivity index (χ3n) is 21.8. The van der Waals surface area contributed by atoms with Gasteiger partial charge in [0.25, 0.3) is 0 Å². The van der Waals surface area contributed by atoms with Gasteiger partial charge in [-0.15, -0.1) is 11.3 Å². The molecule has 0 amide bonds. The molecular weight excluding hydrogens is 936 g/mol. The SMILES string of the molecule is c1ccc(-c2ccc(N3B4c5c(cc(-c6ccccc6)cc5-n5c6ccc(C78CC9CC(CC(C9)C7)C8)cc6c6cc(C78CC9CC(CC(C9)C7)C8)cc4c65)-c4c3ccc3sc5cc6ccccc6cc5c43)cc2)cc1. The summed E-state index contributed by atoms with van der Waals surface area (Å²) in [5, 5.41) is 8.34. The molecule has 0 N–H and O–H groups in total. The van der Waals surface area contributed by atoms with Crippen molar-refractivity contribution in [2.75, 3.05) is 4.81 Å². The largest absolute Gasteiger partial charge is 0.376 e. The van der Waals surface area contributed by atoms with Crippen LogP contribution >= 0.6 is 11.3 Å². The van der Waals surface area contributed by atoms with Gasteiger partial charge in [-0.3, -0.25) is 0 Å². The maximum absolute atomic E-state index is 2.83. The average Bonchev–Trinajstić information content (AvgIpc) is 4.18. The van der Waals surface area contributed by atoms with Gasteiger partial charge in [-0.2, -0.15) is 0 Å². The Balaban J connectivity index is 0.947. The number of aromatic nitrogens is 1. The summed E-state index contributed by atoms with van der Waals surface area (Å²) in [6.07, 6.45) is 17.0. The monoisotopic (exact) mass is 994 g/mol. The van der Waals surface area contributed by atoms with Gasteiger partial charge in [0.1, 0.15) is 0 Å². The summed E-state index contributed by atoms with van der Waals surface area (Å²) in [6, 6.07) is 69.7. The molecule has 2 aromatic heterocycles. The Hall–Kier alpha value is -6.88. The van der Waals surface area contributed by atoms with Gasteiger partial charge in [-0.25, -0.2) is 0 Å². The molecule has 9 aromatic carbocycles. The van der Waals surface area contributed by atoms with Gasteiger partial charge in [0, 0.05) is 53.6 Å². The van der Waals surface area contributed by atoms with E-state index in [0.717, 1.165) is 35.5 Å². The van der Waals surface area contributed by atoms with Crippen molar-refractivity contribution in [3.63, 3.8) is 0 Å². The molecule has 2 aliphatic heterocycles. The zero-order valence-corrected chi connectivity index (χ0v) is 43.9. The Labute approximate surface area is 449 Å². The Bertz CT molecular complexity index is 4240. The third-order valence-corrected chi connectivity index (χ3v) is 22.9. The molecule has 0 spiro atoms. The quantitative estimate of drug-likeness (QED) is 0.156. The van der Waals surface area contributed by atoms with Crippen molar-refractivity contribution >= 4 is 93.2 Å². The predicted octanol–water partition coefficient (Wildman–Crippen LogP) is 17.8. The summed E-state index contributed by atoms with van der Waals surface area (Å²) in [5.74, 6) is 5.32. The van der Waals surface area contributed by atoms with Crippen molar-refractivity contribution in [1.29, 1.82) is 0 Å². The minimum Gasteiger partial charge on any atom is -0.376 e. The zero-order chi connectivity index (χ0) is 49.2. The lowest BCUT2D eigenvalue weighted by Gasteiger charge is -2.57. The molecule has 4 heteroatoms. The molecule has 8 saturated carbocycles. The van der Waals surface area contributed by atoms with Crippen LogP contribution in [-0.4, -0.2) is 11.4 Å². The van der Waals surface area contributed by atoms with Gasteiger partial charge in [-0.1, -0.05) is 109 Å². The van der Waals surface area contributed by atoms with Crippen LogP contribution in [0.15, 0.2) is 176 Å². The molecule has 21 rings (SSSR count). The number of benzene rings is 9. The van der Waals surface area contributed by atoms with Gasteiger partial charge >= 0.3 is 6.85 Å². The van der Waals surface area contributed by atoms with E-state index in [0.29, 0.717) is 5.41 Å². The molecule has 4 heterocycles. The Kier molecular flexibility index (Phi) is 8.33. The lowest BCUT2D eigenvalue weighted by molar-refractivity contribution is -0.00526. The Morgan fingerprint density at radius 2 is 1.01 bits per heavy atom. The van der Waals surface area contributed by atoms with Crippen LogP contribution in [-0.2, 0) is 10.8 Å². The molecule has 8 aliphatic carbocycles. The van der Waals surface area contributed by atoms with Crippen LogP contribution < -0.4 is 15.7 Å². The van der Waals surface area contributed by atoms with Crippen molar-refractivity contribution in [2.45, 2.75) is 87.9 Å². The van der Waals surface area contributed by atoms with Crippen molar-refractivity contribution in [3.05, 3.63) is 187 Å². The maximum Gasteiger partial charge on any atom is 0.333 e. The lowest BCUT2D eigenvalue weighted by Crippen LogP contribution is -2.61. The van der Waals surface area contributed by atoms with E-state index in [1.165, 1.54) is 191 Å². The van der Waals surface area contributed by atoms with Crippen LogP contribution in [0.5, 0.6) is 0 Å². The predicted molar refractivity (Wildman–Crippen MR) is 321 cm³/mol. The van der Waals surface area contributed by atoms with E-state index in [1.54, 1.807) is 11.1 Å². The zero-order valence-electron chi connectivity index (χ0n) is 43.1. The Morgan fingerprint density at radius 3 is 1.67 bits per heavy atom. The number of hydrogen-bond acceptors (Lipinski definition) is 2. The van der Waals surface area contributed by atoms with Crippen molar-refractivity contribution < 1.29 is 0 Å². The fourth-order valence-corrected chi connectivity index (χ4v) is 20.8. The van der Waals surface area contributed by atoms with Crippen molar-refractivity contribution in [3.8, 4) is 39.1 Å². The molecule has 0 saturated heterocycles. The number of fused-ring (bicyclic) bond motifs is 12. The number of hydrogen-bond donors (Lipinski definition) is 0. The van der Waals surface area contributed by atoms with Crippen LogP contribution in [0.4, 0.5) is 11.4 Å². The summed E-state index contributed by atoms with van der Waals surface area (Å²) in [5.41, 5.74) is 21.3. The van der Waals surface area contributed by atoms with Crippen LogP contribution in [0.2, 0.25) is 0 Å². The summed E-state index contributed by atoms with van der Waals surface area (Å²) in [4.78, 5) is 2.82. The van der Waals surface area contributed by atoms with Crippen LogP contribution in [0, 0.1) is 35.5 Å². The van der Waals surface area contributed by atoms with Gasteiger partial charge < -0.3 is 9.38 Å². The first-order valence-electron chi connectivity index (χ1n) is 29.2. The minimum absolute atomic E-state index is 0.0381. The van der Waals surface area contributed by atoms with Gasteiger partial charge in [-0.05, 0) is 251 Å². The molecule has 2 nitrogen and oxygen atoms in total. The van der Waals surface area contributed by atoms with E-state index < -0.39 is 0 Å². The van der Waals surface area contributed by atoms with E-state index in [-0.39, 0.29) is 12.3 Å². The first-order valence-corrected chi connectivity index (χ1v) is 30.0. The molecule has 8 bridgehead atoms. The maximum atomic E-state index is 2.83. The first kappa shape index (κ1) is 42.3. The molecular formula is C72H59BN2S. The highest BCUT2D eigenvalue weighted by Gasteiger charge is 2.54.